The molecule has 0 bridgehead atoms. The van der Waals surface area contributed by atoms with Crippen LogP contribution in [-0.2, 0) is 11.2 Å². The molecule has 2 heterocycles. The Morgan fingerprint density at radius 1 is 1.71 bits per heavy atom. The molecule has 1 atom stereocenters. The lowest BCUT2D eigenvalue weighted by Crippen LogP contribution is -2.32. The summed E-state index contributed by atoms with van der Waals surface area (Å²) < 4.78 is 0. The fourth-order valence-corrected chi connectivity index (χ4v) is 1.70. The van der Waals surface area contributed by atoms with E-state index in [-0.39, 0.29) is 6.42 Å². The monoisotopic (exact) mass is 230 g/mol. The standard InChI is InChI=1S/C11H10N4O2/c12-4-6-1-2-14-10-9(6)7(5-15-10)3-8(13)11(16)17/h1-2,5,8H,3,13H2,(H,14,15)(H,16,17)/t8-/m0/s1. The van der Waals surface area contributed by atoms with Crippen LogP contribution in [0, 0.1) is 11.3 Å². The molecule has 0 aliphatic heterocycles. The van der Waals surface area contributed by atoms with Crippen LogP contribution in [0.25, 0.3) is 11.0 Å². The second kappa shape index (κ2) is 4.23. The van der Waals surface area contributed by atoms with E-state index in [0.29, 0.717) is 22.2 Å². The molecular formula is C11H10N4O2. The van der Waals surface area contributed by atoms with Crippen molar-refractivity contribution in [2.45, 2.75) is 12.5 Å². The second-order valence-corrected chi connectivity index (χ2v) is 3.66. The van der Waals surface area contributed by atoms with Crippen molar-refractivity contribution in [1.29, 1.82) is 5.26 Å². The normalized spacial score (nSPS) is 12.2. The van der Waals surface area contributed by atoms with Crippen molar-refractivity contribution in [3.63, 3.8) is 0 Å². The molecule has 2 aromatic heterocycles. The van der Waals surface area contributed by atoms with Crippen LogP contribution in [0.5, 0.6) is 0 Å². The summed E-state index contributed by atoms with van der Waals surface area (Å²) in [6, 6.07) is 2.65. The zero-order chi connectivity index (χ0) is 12.4. The topological polar surface area (TPSA) is 116 Å². The minimum atomic E-state index is -1.07. The molecular weight excluding hydrogens is 220 g/mol. The molecule has 4 N–H and O–H groups in total. The van der Waals surface area contributed by atoms with Gasteiger partial charge in [0, 0.05) is 24.2 Å². The quantitative estimate of drug-likeness (QED) is 0.705. The van der Waals surface area contributed by atoms with E-state index < -0.39 is 12.0 Å². The lowest BCUT2D eigenvalue weighted by atomic mass is 10.0. The molecule has 2 aromatic rings. The van der Waals surface area contributed by atoms with Gasteiger partial charge in [0.1, 0.15) is 11.7 Å². The van der Waals surface area contributed by atoms with Gasteiger partial charge in [-0.25, -0.2) is 4.98 Å². The number of nitrogens with zero attached hydrogens (tertiary/aromatic N) is 2. The van der Waals surface area contributed by atoms with Gasteiger partial charge >= 0.3 is 5.97 Å². The van der Waals surface area contributed by atoms with Crippen LogP contribution in [0.2, 0.25) is 0 Å². The summed E-state index contributed by atoms with van der Waals surface area (Å²) in [4.78, 5) is 17.7. The highest BCUT2D eigenvalue weighted by Crippen LogP contribution is 2.21. The molecule has 2 rings (SSSR count). The molecule has 0 fully saturated rings. The van der Waals surface area contributed by atoms with Crippen molar-refractivity contribution in [1.82, 2.24) is 9.97 Å². The van der Waals surface area contributed by atoms with Crippen molar-refractivity contribution in [2.75, 3.05) is 0 Å². The number of carboxylic acids is 1. The average molecular weight is 230 g/mol. The summed E-state index contributed by atoms with van der Waals surface area (Å²) in [5.41, 5.74) is 7.20. The minimum absolute atomic E-state index is 0.162. The number of fused-ring (bicyclic) bond motifs is 1. The lowest BCUT2D eigenvalue weighted by molar-refractivity contribution is -0.138. The van der Waals surface area contributed by atoms with E-state index in [1.165, 1.54) is 6.20 Å². The number of carbonyl (C=O) groups is 1. The highest BCUT2D eigenvalue weighted by Gasteiger charge is 2.16. The first-order chi connectivity index (χ1) is 8.13. The molecule has 6 heteroatoms. The number of nitrogens with two attached hydrogens (primary N) is 1. The number of pyridine rings is 1. The largest absolute Gasteiger partial charge is 0.480 e. The van der Waals surface area contributed by atoms with E-state index in [4.69, 9.17) is 16.1 Å². The third-order valence-electron chi connectivity index (χ3n) is 2.53. The molecule has 6 nitrogen and oxygen atoms in total. The average Bonchev–Trinajstić information content (AvgIpc) is 2.72. The maximum atomic E-state index is 10.7. The first-order valence-corrected chi connectivity index (χ1v) is 4.97. The van der Waals surface area contributed by atoms with E-state index in [1.807, 2.05) is 0 Å². The van der Waals surface area contributed by atoms with Gasteiger partial charge in [-0.1, -0.05) is 0 Å². The molecule has 0 saturated carbocycles. The number of nitriles is 1. The molecule has 0 aliphatic rings. The van der Waals surface area contributed by atoms with Crippen LogP contribution in [-0.4, -0.2) is 27.1 Å². The number of aromatic nitrogens is 2. The number of H-pyrrole nitrogens is 1. The Kier molecular flexibility index (Phi) is 2.77. The number of nitrogens with one attached hydrogen (secondary N) is 1. The third kappa shape index (κ3) is 1.96. The van der Waals surface area contributed by atoms with Crippen molar-refractivity contribution >= 4 is 17.0 Å². The Bertz CT molecular complexity index is 611. The summed E-state index contributed by atoms with van der Waals surface area (Å²) in [5.74, 6) is -1.07. The van der Waals surface area contributed by atoms with Crippen LogP contribution >= 0.6 is 0 Å². The van der Waals surface area contributed by atoms with E-state index in [0.717, 1.165) is 0 Å². The molecule has 0 saturated heterocycles. The smallest absolute Gasteiger partial charge is 0.320 e. The highest BCUT2D eigenvalue weighted by molar-refractivity contribution is 5.86. The molecule has 0 spiro atoms. The number of aliphatic carboxylic acids is 1. The van der Waals surface area contributed by atoms with Gasteiger partial charge in [0.05, 0.1) is 11.6 Å². The van der Waals surface area contributed by atoms with E-state index in [9.17, 15) is 4.79 Å². The van der Waals surface area contributed by atoms with Gasteiger partial charge in [0.15, 0.2) is 0 Å². The molecule has 86 valence electrons. The Morgan fingerprint density at radius 3 is 3.12 bits per heavy atom. The third-order valence-corrected chi connectivity index (χ3v) is 2.53. The summed E-state index contributed by atoms with van der Waals surface area (Å²) in [6.07, 6.45) is 3.33. The first kappa shape index (κ1) is 11.1. The molecule has 0 aromatic carbocycles. The van der Waals surface area contributed by atoms with Gasteiger partial charge < -0.3 is 15.8 Å². The predicted molar refractivity (Wildman–Crippen MR) is 60.1 cm³/mol. The zero-order valence-corrected chi connectivity index (χ0v) is 8.84. The first-order valence-electron chi connectivity index (χ1n) is 4.97. The van der Waals surface area contributed by atoms with Crippen LogP contribution in [0.1, 0.15) is 11.1 Å². The fourth-order valence-electron chi connectivity index (χ4n) is 1.70. The van der Waals surface area contributed by atoms with Crippen LogP contribution in [0.4, 0.5) is 0 Å². The van der Waals surface area contributed by atoms with Gasteiger partial charge in [-0.05, 0) is 11.6 Å². The predicted octanol–water partition coefficient (Wildman–Crippen LogP) is 0.389. The second-order valence-electron chi connectivity index (χ2n) is 3.66. The van der Waals surface area contributed by atoms with Gasteiger partial charge in [-0.3, -0.25) is 4.79 Å². The number of aromatic amines is 1. The van der Waals surface area contributed by atoms with Crippen molar-refractivity contribution < 1.29 is 9.90 Å². The van der Waals surface area contributed by atoms with E-state index in [2.05, 4.69) is 16.0 Å². The number of carboxylic acid groups (broad SMARTS) is 1. The van der Waals surface area contributed by atoms with Crippen LogP contribution in [0.3, 0.4) is 0 Å². The zero-order valence-electron chi connectivity index (χ0n) is 8.84. The lowest BCUT2D eigenvalue weighted by Gasteiger charge is -2.05. The van der Waals surface area contributed by atoms with Crippen molar-refractivity contribution in [2.24, 2.45) is 5.73 Å². The summed E-state index contributed by atoms with van der Waals surface area (Å²) in [6.45, 7) is 0. The van der Waals surface area contributed by atoms with Gasteiger partial charge in [-0.2, -0.15) is 5.26 Å². The SMILES string of the molecule is N#Cc1ccnc2[nH]cc(C[C@H](N)C(=O)O)c12. The fraction of sp³-hybridized carbons (Fsp3) is 0.182. The van der Waals surface area contributed by atoms with Crippen LogP contribution in [0.15, 0.2) is 18.5 Å². The molecule has 0 amide bonds. The Balaban J connectivity index is 2.49. The maximum absolute atomic E-state index is 10.7. The Hall–Kier alpha value is -2.39. The van der Waals surface area contributed by atoms with Crippen molar-refractivity contribution in [3.05, 3.63) is 29.6 Å². The summed E-state index contributed by atoms with van der Waals surface area (Å²) in [5, 5.41) is 18.4. The molecule has 0 radical (unpaired) electrons. The van der Waals surface area contributed by atoms with Gasteiger partial charge in [0.2, 0.25) is 0 Å². The summed E-state index contributed by atoms with van der Waals surface area (Å²) in [7, 11) is 0. The van der Waals surface area contributed by atoms with Crippen molar-refractivity contribution in [3.8, 4) is 6.07 Å². The Labute approximate surface area is 96.7 Å². The highest BCUT2D eigenvalue weighted by atomic mass is 16.4. The number of hydrogen-bond donors (Lipinski definition) is 3. The molecule has 17 heavy (non-hydrogen) atoms. The van der Waals surface area contributed by atoms with E-state index >= 15 is 0 Å². The minimum Gasteiger partial charge on any atom is -0.480 e. The summed E-state index contributed by atoms with van der Waals surface area (Å²) >= 11 is 0. The van der Waals surface area contributed by atoms with Gasteiger partial charge in [-0.15, -0.1) is 0 Å². The number of rotatable bonds is 3. The molecule has 0 unspecified atom stereocenters. The van der Waals surface area contributed by atoms with Gasteiger partial charge in [0.25, 0.3) is 0 Å². The maximum Gasteiger partial charge on any atom is 0.320 e. The van der Waals surface area contributed by atoms with E-state index in [1.54, 1.807) is 12.3 Å². The Morgan fingerprint density at radius 2 is 2.47 bits per heavy atom. The number of hydrogen-bond acceptors (Lipinski definition) is 4. The van der Waals surface area contributed by atoms with Crippen LogP contribution < -0.4 is 5.73 Å². The molecule has 0 aliphatic carbocycles.